The molecule has 5 N–H and O–H groups in total. The Labute approximate surface area is 95.0 Å². The average Bonchev–Trinajstić information content (AvgIpc) is 2.28. The molecule has 1 aromatic heterocycles. The lowest BCUT2D eigenvalue weighted by molar-refractivity contribution is 0.481. The summed E-state index contributed by atoms with van der Waals surface area (Å²) in [6.07, 6.45) is 3.66. The molecule has 6 nitrogen and oxygen atoms in total. The summed E-state index contributed by atoms with van der Waals surface area (Å²) >= 11 is 0. The van der Waals surface area contributed by atoms with Gasteiger partial charge in [0, 0.05) is 18.7 Å². The highest BCUT2D eigenvalue weighted by atomic mass is 15.3. The van der Waals surface area contributed by atoms with Crippen molar-refractivity contribution >= 4 is 17.6 Å². The van der Waals surface area contributed by atoms with Gasteiger partial charge in [-0.25, -0.2) is 5.84 Å². The number of nitrogens with two attached hydrogens (primary N) is 2. The van der Waals surface area contributed by atoms with E-state index in [4.69, 9.17) is 11.6 Å². The molecule has 1 atom stereocenters. The number of anilines is 3. The van der Waals surface area contributed by atoms with E-state index in [0.717, 1.165) is 12.4 Å². The van der Waals surface area contributed by atoms with Gasteiger partial charge < -0.3 is 16.1 Å². The fourth-order valence-electron chi connectivity index (χ4n) is 2.11. The lowest BCUT2D eigenvalue weighted by Crippen LogP contribution is -2.38. The molecule has 16 heavy (non-hydrogen) atoms. The molecule has 1 aliphatic rings. The fourth-order valence-corrected chi connectivity index (χ4v) is 2.11. The first-order chi connectivity index (χ1) is 7.70. The van der Waals surface area contributed by atoms with Crippen molar-refractivity contribution in [1.29, 1.82) is 0 Å². The van der Waals surface area contributed by atoms with Crippen LogP contribution in [0.1, 0.15) is 26.2 Å². The number of nitrogen functional groups attached to an aromatic ring is 2. The molecule has 1 unspecified atom stereocenters. The van der Waals surface area contributed by atoms with E-state index in [9.17, 15) is 0 Å². The van der Waals surface area contributed by atoms with Gasteiger partial charge in [-0.1, -0.05) is 0 Å². The summed E-state index contributed by atoms with van der Waals surface area (Å²) in [5.41, 5.74) is 8.15. The number of hydrogen-bond acceptors (Lipinski definition) is 6. The van der Waals surface area contributed by atoms with Gasteiger partial charge in [-0.15, -0.1) is 0 Å². The Morgan fingerprint density at radius 3 is 2.94 bits per heavy atom. The van der Waals surface area contributed by atoms with Crippen molar-refractivity contribution in [1.82, 2.24) is 9.97 Å². The molecule has 2 heterocycles. The van der Waals surface area contributed by atoms with E-state index < -0.39 is 0 Å². The Balaban J connectivity index is 2.27. The number of rotatable bonds is 2. The molecule has 1 aromatic rings. The quantitative estimate of drug-likeness (QED) is 0.504. The fraction of sp³-hybridized carbons (Fsp3) is 0.600. The highest BCUT2D eigenvalue weighted by molar-refractivity contribution is 5.52. The van der Waals surface area contributed by atoms with Crippen LogP contribution in [-0.2, 0) is 0 Å². The van der Waals surface area contributed by atoms with Crippen LogP contribution in [0, 0.1) is 0 Å². The maximum Gasteiger partial charge on any atom is 0.223 e. The van der Waals surface area contributed by atoms with Crippen molar-refractivity contribution in [2.45, 2.75) is 32.2 Å². The van der Waals surface area contributed by atoms with Crippen molar-refractivity contribution in [3.8, 4) is 0 Å². The van der Waals surface area contributed by atoms with E-state index >= 15 is 0 Å². The molecular formula is C10H18N6. The zero-order chi connectivity index (χ0) is 11.5. The summed E-state index contributed by atoms with van der Waals surface area (Å²) < 4.78 is 0. The molecule has 1 aliphatic heterocycles. The Kier molecular flexibility index (Phi) is 3.09. The summed E-state index contributed by atoms with van der Waals surface area (Å²) in [5, 5.41) is 0. The average molecular weight is 222 g/mol. The third-order valence-electron chi connectivity index (χ3n) is 2.98. The Morgan fingerprint density at radius 2 is 2.25 bits per heavy atom. The smallest absolute Gasteiger partial charge is 0.223 e. The van der Waals surface area contributed by atoms with E-state index in [1.165, 1.54) is 19.3 Å². The first-order valence-corrected chi connectivity index (χ1v) is 5.58. The van der Waals surface area contributed by atoms with Gasteiger partial charge in [0.2, 0.25) is 5.95 Å². The van der Waals surface area contributed by atoms with Gasteiger partial charge in [-0.2, -0.15) is 9.97 Å². The van der Waals surface area contributed by atoms with Crippen LogP contribution in [0.15, 0.2) is 6.07 Å². The summed E-state index contributed by atoms with van der Waals surface area (Å²) in [6, 6.07) is 2.33. The number of aromatic nitrogens is 2. The second kappa shape index (κ2) is 4.52. The number of hydrogen-bond donors (Lipinski definition) is 3. The maximum absolute atomic E-state index is 5.64. The number of nitrogens with zero attached hydrogens (tertiary/aromatic N) is 3. The third kappa shape index (κ3) is 2.16. The predicted molar refractivity (Wildman–Crippen MR) is 64.9 cm³/mol. The van der Waals surface area contributed by atoms with Gasteiger partial charge in [-0.3, -0.25) is 0 Å². The van der Waals surface area contributed by atoms with Crippen LogP contribution in [-0.4, -0.2) is 22.6 Å². The minimum atomic E-state index is 0.253. The number of nitrogens with one attached hydrogen (secondary N) is 1. The van der Waals surface area contributed by atoms with Gasteiger partial charge in [-0.05, 0) is 26.2 Å². The summed E-state index contributed by atoms with van der Waals surface area (Å²) in [7, 11) is 0. The van der Waals surface area contributed by atoms with Crippen LogP contribution in [0.25, 0.3) is 0 Å². The molecule has 0 aliphatic carbocycles. The summed E-state index contributed by atoms with van der Waals surface area (Å²) in [6.45, 7) is 3.22. The van der Waals surface area contributed by atoms with Gasteiger partial charge >= 0.3 is 0 Å². The summed E-state index contributed by atoms with van der Waals surface area (Å²) in [5.74, 6) is 7.00. The largest absolute Gasteiger partial charge is 0.368 e. The van der Waals surface area contributed by atoms with Gasteiger partial charge in [0.05, 0.1) is 0 Å². The van der Waals surface area contributed by atoms with E-state index in [1.807, 2.05) is 6.07 Å². The predicted octanol–water partition coefficient (Wildman–Crippen LogP) is 0.723. The van der Waals surface area contributed by atoms with Crippen LogP contribution in [0.3, 0.4) is 0 Å². The Bertz CT molecular complexity index is 366. The van der Waals surface area contributed by atoms with E-state index in [1.54, 1.807) is 0 Å². The topological polar surface area (TPSA) is 93.1 Å². The molecule has 0 amide bonds. The van der Waals surface area contributed by atoms with E-state index in [-0.39, 0.29) is 5.95 Å². The first-order valence-electron chi connectivity index (χ1n) is 5.58. The van der Waals surface area contributed by atoms with Gasteiger partial charge in [0.15, 0.2) is 0 Å². The standard InChI is InChI=1S/C10H18N6/c1-7-4-2-3-5-16(7)9-6-8(15-12)13-10(11)14-9/h6-7H,2-5,12H2,1H3,(H3,11,13,14,15). The zero-order valence-corrected chi connectivity index (χ0v) is 9.48. The zero-order valence-electron chi connectivity index (χ0n) is 9.48. The van der Waals surface area contributed by atoms with Crippen LogP contribution < -0.4 is 21.9 Å². The second-order valence-corrected chi connectivity index (χ2v) is 4.15. The van der Waals surface area contributed by atoms with Crippen molar-refractivity contribution in [2.24, 2.45) is 5.84 Å². The second-order valence-electron chi connectivity index (χ2n) is 4.15. The summed E-state index contributed by atoms with van der Waals surface area (Å²) in [4.78, 5) is 10.5. The lowest BCUT2D eigenvalue weighted by Gasteiger charge is -2.34. The highest BCUT2D eigenvalue weighted by Gasteiger charge is 2.20. The number of piperidine rings is 1. The molecule has 0 aromatic carbocycles. The third-order valence-corrected chi connectivity index (χ3v) is 2.98. The van der Waals surface area contributed by atoms with Gasteiger partial charge in [0.25, 0.3) is 0 Å². The molecule has 6 heteroatoms. The number of hydrazine groups is 1. The molecular weight excluding hydrogens is 204 g/mol. The SMILES string of the molecule is CC1CCCCN1c1cc(NN)nc(N)n1. The van der Waals surface area contributed by atoms with Crippen molar-refractivity contribution in [2.75, 3.05) is 22.6 Å². The van der Waals surface area contributed by atoms with E-state index in [0.29, 0.717) is 11.9 Å². The molecule has 0 spiro atoms. The molecule has 88 valence electrons. The normalized spacial score (nSPS) is 20.9. The lowest BCUT2D eigenvalue weighted by atomic mass is 10.0. The van der Waals surface area contributed by atoms with Crippen LogP contribution in [0.2, 0.25) is 0 Å². The van der Waals surface area contributed by atoms with Crippen LogP contribution >= 0.6 is 0 Å². The maximum atomic E-state index is 5.64. The molecule has 1 saturated heterocycles. The van der Waals surface area contributed by atoms with Crippen molar-refractivity contribution < 1.29 is 0 Å². The van der Waals surface area contributed by atoms with E-state index in [2.05, 4.69) is 27.2 Å². The Hall–Kier alpha value is -1.56. The van der Waals surface area contributed by atoms with Crippen LogP contribution in [0.5, 0.6) is 0 Å². The minimum Gasteiger partial charge on any atom is -0.368 e. The van der Waals surface area contributed by atoms with Gasteiger partial charge in [0.1, 0.15) is 11.6 Å². The highest BCUT2D eigenvalue weighted by Crippen LogP contribution is 2.24. The first kappa shape index (κ1) is 10.9. The van der Waals surface area contributed by atoms with Crippen LogP contribution in [0.4, 0.5) is 17.6 Å². The molecule has 0 saturated carbocycles. The molecule has 1 fully saturated rings. The Morgan fingerprint density at radius 1 is 1.44 bits per heavy atom. The molecule has 0 radical (unpaired) electrons. The van der Waals surface area contributed by atoms with Crippen molar-refractivity contribution in [3.05, 3.63) is 6.07 Å². The minimum absolute atomic E-state index is 0.253. The molecule has 2 rings (SSSR count). The van der Waals surface area contributed by atoms with Crippen molar-refractivity contribution in [3.63, 3.8) is 0 Å². The monoisotopic (exact) mass is 222 g/mol. The molecule has 0 bridgehead atoms.